The maximum absolute atomic E-state index is 12.4. The van der Waals surface area contributed by atoms with Gasteiger partial charge >= 0.3 is 29.6 Å². The first-order valence-corrected chi connectivity index (χ1v) is 9.86. The number of hydrogen-bond acceptors (Lipinski definition) is 7. The zero-order valence-corrected chi connectivity index (χ0v) is 19.5. The number of oxime groups is 1. The SMILES string of the molecule is C[C@@H](O)[C@H]1C(=O)N2C(C(=O)[O-])=C(c3ccc4c(cnc5ccc(/C=N/O)cc54)c3)C[C@H]12.[Na+]. The van der Waals surface area contributed by atoms with Crippen molar-refractivity contribution in [1.82, 2.24) is 9.88 Å². The van der Waals surface area contributed by atoms with Crippen LogP contribution in [0.1, 0.15) is 24.5 Å². The van der Waals surface area contributed by atoms with E-state index >= 15 is 0 Å². The Morgan fingerprint density at radius 2 is 2.06 bits per heavy atom. The summed E-state index contributed by atoms with van der Waals surface area (Å²) in [5.74, 6) is -2.40. The molecule has 0 unspecified atom stereocenters. The van der Waals surface area contributed by atoms with Crippen molar-refractivity contribution in [2.75, 3.05) is 0 Å². The van der Waals surface area contributed by atoms with Gasteiger partial charge in [0.1, 0.15) is 0 Å². The van der Waals surface area contributed by atoms with Crippen LogP contribution < -0.4 is 34.7 Å². The van der Waals surface area contributed by atoms with Gasteiger partial charge < -0.3 is 25.1 Å². The molecule has 8 nitrogen and oxygen atoms in total. The number of carboxylic acids is 1. The number of pyridine rings is 1. The number of aliphatic carboxylic acids is 1. The van der Waals surface area contributed by atoms with Crippen molar-refractivity contribution in [3.8, 4) is 0 Å². The molecule has 2 aliphatic rings. The molecule has 2 N–H and O–H groups in total. The average molecular weight is 439 g/mol. The third-order valence-corrected chi connectivity index (χ3v) is 6.18. The van der Waals surface area contributed by atoms with Crippen molar-refractivity contribution in [1.29, 1.82) is 0 Å². The van der Waals surface area contributed by atoms with E-state index in [4.69, 9.17) is 5.21 Å². The van der Waals surface area contributed by atoms with Crippen molar-refractivity contribution in [2.45, 2.75) is 25.5 Å². The third-order valence-electron chi connectivity index (χ3n) is 6.18. The predicted molar refractivity (Wildman–Crippen MR) is 111 cm³/mol. The first-order chi connectivity index (χ1) is 14.9. The van der Waals surface area contributed by atoms with Gasteiger partial charge in [0, 0.05) is 17.0 Å². The molecule has 2 aliphatic heterocycles. The maximum Gasteiger partial charge on any atom is 1.00 e. The molecule has 0 saturated carbocycles. The van der Waals surface area contributed by atoms with Crippen molar-refractivity contribution in [2.24, 2.45) is 11.1 Å². The fourth-order valence-electron chi connectivity index (χ4n) is 4.79. The van der Waals surface area contributed by atoms with E-state index in [9.17, 15) is 19.8 Å². The number of aliphatic hydroxyl groups excluding tert-OH is 1. The van der Waals surface area contributed by atoms with E-state index in [1.54, 1.807) is 19.2 Å². The Kier molecular flexibility index (Phi) is 5.81. The zero-order chi connectivity index (χ0) is 21.9. The van der Waals surface area contributed by atoms with Crippen molar-refractivity contribution in [3.05, 3.63) is 59.4 Å². The van der Waals surface area contributed by atoms with Crippen LogP contribution in [-0.2, 0) is 9.59 Å². The quantitative estimate of drug-likeness (QED) is 0.124. The fraction of sp³-hybridized carbons (Fsp3) is 0.217. The number of carbonyl (C=O) groups is 2. The summed E-state index contributed by atoms with van der Waals surface area (Å²) in [7, 11) is 0. The summed E-state index contributed by atoms with van der Waals surface area (Å²) >= 11 is 0. The van der Waals surface area contributed by atoms with E-state index in [0.717, 1.165) is 27.2 Å². The van der Waals surface area contributed by atoms with Gasteiger partial charge in [0.2, 0.25) is 5.91 Å². The van der Waals surface area contributed by atoms with Gasteiger partial charge in [-0.2, -0.15) is 0 Å². The Hall–Kier alpha value is -2.78. The molecule has 0 aliphatic carbocycles. The number of amides is 1. The molecule has 1 amide bonds. The van der Waals surface area contributed by atoms with E-state index < -0.39 is 18.0 Å². The van der Waals surface area contributed by atoms with E-state index in [1.807, 2.05) is 30.3 Å². The summed E-state index contributed by atoms with van der Waals surface area (Å²) in [5.41, 5.74) is 2.57. The molecule has 0 bridgehead atoms. The molecule has 2 aromatic carbocycles. The summed E-state index contributed by atoms with van der Waals surface area (Å²) in [4.78, 5) is 30.0. The van der Waals surface area contributed by atoms with Crippen LogP contribution >= 0.6 is 0 Å². The number of nitrogens with zero attached hydrogens (tertiary/aromatic N) is 3. The summed E-state index contributed by atoms with van der Waals surface area (Å²) in [5, 5.41) is 36.2. The first kappa shape index (κ1) is 22.4. The second kappa shape index (κ2) is 8.29. The monoisotopic (exact) mass is 439 g/mol. The van der Waals surface area contributed by atoms with Crippen LogP contribution in [0.4, 0.5) is 0 Å². The molecule has 32 heavy (non-hydrogen) atoms. The Labute approximate surface area is 205 Å². The molecule has 1 fully saturated rings. The summed E-state index contributed by atoms with van der Waals surface area (Å²) in [6.07, 6.45) is 2.55. The second-order valence-electron chi connectivity index (χ2n) is 7.94. The number of aliphatic hydroxyl groups is 1. The zero-order valence-electron chi connectivity index (χ0n) is 17.5. The molecular formula is C23H18N3NaO5. The summed E-state index contributed by atoms with van der Waals surface area (Å²) in [6.45, 7) is 1.54. The predicted octanol–water partition coefficient (Wildman–Crippen LogP) is -1.73. The molecule has 3 aromatic rings. The number of hydrogen-bond donors (Lipinski definition) is 2. The van der Waals surface area contributed by atoms with Gasteiger partial charge in [0.25, 0.3) is 0 Å². The van der Waals surface area contributed by atoms with Crippen LogP contribution in [0.5, 0.6) is 0 Å². The normalized spacial score (nSPS) is 21.1. The summed E-state index contributed by atoms with van der Waals surface area (Å²) < 4.78 is 0. The Morgan fingerprint density at radius 3 is 2.75 bits per heavy atom. The minimum atomic E-state index is -1.40. The van der Waals surface area contributed by atoms with Crippen LogP contribution in [-0.4, -0.2) is 50.4 Å². The minimum Gasteiger partial charge on any atom is -0.543 e. The topological polar surface area (TPSA) is 126 Å². The van der Waals surface area contributed by atoms with Crippen LogP contribution in [0, 0.1) is 5.92 Å². The van der Waals surface area contributed by atoms with Crippen LogP contribution in [0.25, 0.3) is 27.2 Å². The number of rotatable bonds is 4. The molecule has 0 radical (unpaired) electrons. The van der Waals surface area contributed by atoms with E-state index in [2.05, 4.69) is 10.1 Å². The maximum atomic E-state index is 12.4. The van der Waals surface area contributed by atoms with Gasteiger partial charge in [0.05, 0.1) is 41.5 Å². The molecule has 3 atom stereocenters. The van der Waals surface area contributed by atoms with E-state index in [-0.39, 0.29) is 47.2 Å². The van der Waals surface area contributed by atoms with Gasteiger partial charge in [-0.15, -0.1) is 0 Å². The van der Waals surface area contributed by atoms with Crippen LogP contribution in [0.2, 0.25) is 0 Å². The Morgan fingerprint density at radius 1 is 1.28 bits per heavy atom. The number of benzene rings is 2. The average Bonchev–Trinajstić information content (AvgIpc) is 3.08. The van der Waals surface area contributed by atoms with Gasteiger partial charge in [-0.3, -0.25) is 9.78 Å². The molecule has 1 aromatic heterocycles. The van der Waals surface area contributed by atoms with Gasteiger partial charge in [-0.25, -0.2) is 0 Å². The van der Waals surface area contributed by atoms with Gasteiger partial charge in [0.15, 0.2) is 0 Å². The minimum absolute atomic E-state index is 0. The fourth-order valence-corrected chi connectivity index (χ4v) is 4.79. The first-order valence-electron chi connectivity index (χ1n) is 9.86. The second-order valence-corrected chi connectivity index (χ2v) is 7.94. The molecular weight excluding hydrogens is 421 g/mol. The molecule has 0 spiro atoms. The number of β-lactam (4-membered cyclic amide) rings is 1. The van der Waals surface area contributed by atoms with Crippen LogP contribution in [0.15, 0.2) is 53.4 Å². The van der Waals surface area contributed by atoms with Crippen LogP contribution in [0.3, 0.4) is 0 Å². The number of carboxylic acid groups (broad SMARTS) is 1. The van der Waals surface area contributed by atoms with E-state index in [0.29, 0.717) is 17.6 Å². The van der Waals surface area contributed by atoms with Crippen molar-refractivity contribution in [3.63, 3.8) is 0 Å². The molecule has 9 heteroatoms. The smallest absolute Gasteiger partial charge is 0.543 e. The van der Waals surface area contributed by atoms with E-state index in [1.165, 1.54) is 11.1 Å². The molecule has 5 rings (SSSR count). The Bertz CT molecular complexity index is 1330. The largest absolute Gasteiger partial charge is 1.00 e. The number of fused-ring (bicyclic) bond motifs is 4. The molecule has 1 saturated heterocycles. The number of aromatic nitrogens is 1. The molecule has 156 valence electrons. The van der Waals surface area contributed by atoms with Gasteiger partial charge in [-0.05, 0) is 53.6 Å². The number of carbonyl (C=O) groups excluding carboxylic acids is 2. The molecule has 3 heterocycles. The van der Waals surface area contributed by atoms with Crippen molar-refractivity contribution >= 4 is 45.3 Å². The van der Waals surface area contributed by atoms with Crippen molar-refractivity contribution < 1.29 is 54.6 Å². The summed E-state index contributed by atoms with van der Waals surface area (Å²) in [6, 6.07) is 10.7. The standard InChI is InChI=1S/C23H19N3O5.Na/c1-11(27)20-19-8-16(21(23(29)30)26(19)22(20)28)13-3-4-15-14(7-13)10-24-18-5-2-12(9-25-31)6-17(15)18;/h2-7,9-11,19-20,27,31H,8H2,1H3,(H,29,30);/q;+1/p-1/b25-9+;/t11-,19-,20-;/m1./s1. The van der Waals surface area contributed by atoms with Gasteiger partial charge in [-0.1, -0.05) is 23.4 Å². The third kappa shape index (κ3) is 3.31. The Balaban J connectivity index is 0.00000245.